The topological polar surface area (TPSA) is 72.5 Å². The summed E-state index contributed by atoms with van der Waals surface area (Å²) in [5, 5.41) is 6.38. The zero-order chi connectivity index (χ0) is 18.4. The van der Waals surface area contributed by atoms with Gasteiger partial charge in [-0.2, -0.15) is 0 Å². The number of ether oxygens (including phenoxy) is 2. The summed E-state index contributed by atoms with van der Waals surface area (Å²) in [7, 11) is 1.60. The molecule has 0 radical (unpaired) electrons. The highest BCUT2D eigenvalue weighted by Gasteiger charge is 2.24. The first-order valence-electron chi connectivity index (χ1n) is 8.89. The van der Waals surface area contributed by atoms with Crippen molar-refractivity contribution in [3.8, 4) is 11.5 Å². The molecule has 2 aromatic rings. The number of amides is 1. The van der Waals surface area contributed by atoms with Crippen LogP contribution in [0.5, 0.6) is 11.5 Å². The monoisotopic (exact) mass is 391 g/mol. The number of hydrogen-bond donors (Lipinski definition) is 2. The van der Waals surface area contributed by atoms with Gasteiger partial charge in [-0.05, 0) is 56.1 Å². The third-order valence-corrected chi connectivity index (χ3v) is 4.57. The first-order chi connectivity index (χ1) is 12.7. The van der Waals surface area contributed by atoms with E-state index >= 15 is 0 Å². The fourth-order valence-electron chi connectivity index (χ4n) is 3.12. The molecule has 2 atom stereocenters. The van der Waals surface area contributed by atoms with Crippen LogP contribution in [0.15, 0.2) is 42.7 Å². The molecule has 2 N–H and O–H groups in total. The molecule has 1 saturated heterocycles. The Bertz CT molecular complexity index is 743. The lowest BCUT2D eigenvalue weighted by Gasteiger charge is -2.27. The van der Waals surface area contributed by atoms with E-state index in [0.29, 0.717) is 29.8 Å². The second-order valence-electron chi connectivity index (χ2n) is 6.58. The lowest BCUT2D eigenvalue weighted by molar-refractivity contribution is -0.120. The quantitative estimate of drug-likeness (QED) is 0.789. The van der Waals surface area contributed by atoms with Gasteiger partial charge in [0.1, 0.15) is 6.61 Å². The number of nitrogens with zero attached hydrogens (tertiary/aromatic N) is 1. The van der Waals surface area contributed by atoms with E-state index in [1.165, 1.54) is 0 Å². The van der Waals surface area contributed by atoms with Crippen LogP contribution in [0, 0.1) is 5.92 Å². The molecule has 1 aromatic carbocycles. The average molecular weight is 392 g/mol. The first-order valence-corrected chi connectivity index (χ1v) is 8.89. The van der Waals surface area contributed by atoms with Gasteiger partial charge in [-0.15, -0.1) is 12.4 Å². The molecular weight excluding hydrogens is 366 g/mol. The Morgan fingerprint density at radius 1 is 1.26 bits per heavy atom. The molecule has 0 spiro atoms. The number of piperidine rings is 1. The van der Waals surface area contributed by atoms with Crippen molar-refractivity contribution in [1.29, 1.82) is 0 Å². The van der Waals surface area contributed by atoms with E-state index in [9.17, 15) is 4.79 Å². The van der Waals surface area contributed by atoms with Gasteiger partial charge in [-0.3, -0.25) is 9.78 Å². The summed E-state index contributed by atoms with van der Waals surface area (Å²) in [6.07, 6.45) is 5.17. The molecule has 7 heteroatoms. The summed E-state index contributed by atoms with van der Waals surface area (Å²) in [6.45, 7) is 3.39. The number of hydrogen-bond acceptors (Lipinski definition) is 5. The molecule has 0 aliphatic carbocycles. The number of methoxy groups -OCH3 is 1. The molecule has 6 nitrogen and oxygen atoms in total. The zero-order valence-corrected chi connectivity index (χ0v) is 16.4. The van der Waals surface area contributed by atoms with Crippen LogP contribution in [0.2, 0.25) is 0 Å². The third kappa shape index (κ3) is 5.84. The summed E-state index contributed by atoms with van der Waals surface area (Å²) in [5.74, 6) is 1.33. The number of anilines is 1. The number of carbonyl (C=O) groups excluding carboxylic acids is 1. The number of carbonyl (C=O) groups is 1. The van der Waals surface area contributed by atoms with Crippen LogP contribution in [0.4, 0.5) is 5.69 Å². The van der Waals surface area contributed by atoms with Crippen LogP contribution < -0.4 is 20.1 Å². The predicted molar refractivity (Wildman–Crippen MR) is 108 cm³/mol. The SMILES string of the molecule is COc1ccc(NC(=O)[C@H]2CCN[C@@H](C)C2)cc1OCc1ccncc1.Cl. The normalized spacial score (nSPS) is 18.9. The second kappa shape index (κ2) is 10.1. The molecule has 27 heavy (non-hydrogen) atoms. The lowest BCUT2D eigenvalue weighted by atomic mass is 9.92. The Labute approximate surface area is 166 Å². The highest BCUT2D eigenvalue weighted by molar-refractivity contribution is 5.93. The van der Waals surface area contributed by atoms with Crippen molar-refractivity contribution in [2.45, 2.75) is 32.4 Å². The molecule has 0 saturated carbocycles. The molecule has 0 bridgehead atoms. The largest absolute Gasteiger partial charge is 0.493 e. The third-order valence-electron chi connectivity index (χ3n) is 4.57. The Morgan fingerprint density at radius 3 is 2.74 bits per heavy atom. The van der Waals surface area contributed by atoms with E-state index in [-0.39, 0.29) is 24.2 Å². The Hall–Kier alpha value is -2.31. The summed E-state index contributed by atoms with van der Waals surface area (Å²) < 4.78 is 11.3. The number of benzene rings is 1. The molecule has 1 amide bonds. The summed E-state index contributed by atoms with van der Waals surface area (Å²) in [4.78, 5) is 16.5. The van der Waals surface area contributed by atoms with Crippen LogP contribution in [0.3, 0.4) is 0 Å². The van der Waals surface area contributed by atoms with E-state index in [2.05, 4.69) is 22.5 Å². The van der Waals surface area contributed by atoms with Crippen LogP contribution in [0.25, 0.3) is 0 Å². The maximum atomic E-state index is 12.5. The van der Waals surface area contributed by atoms with Gasteiger partial charge < -0.3 is 20.1 Å². The van der Waals surface area contributed by atoms with Gasteiger partial charge in [0.2, 0.25) is 5.91 Å². The Morgan fingerprint density at radius 2 is 2.04 bits per heavy atom. The minimum absolute atomic E-state index is 0. The van der Waals surface area contributed by atoms with Crippen LogP contribution in [0.1, 0.15) is 25.3 Å². The van der Waals surface area contributed by atoms with Crippen molar-refractivity contribution >= 4 is 24.0 Å². The van der Waals surface area contributed by atoms with Crippen molar-refractivity contribution < 1.29 is 14.3 Å². The molecule has 1 aliphatic heterocycles. The molecular formula is C20H26ClN3O3. The smallest absolute Gasteiger partial charge is 0.227 e. The summed E-state index contributed by atoms with van der Waals surface area (Å²) in [5.41, 5.74) is 1.73. The fraction of sp³-hybridized carbons (Fsp3) is 0.400. The Balaban J connectivity index is 0.00000261. The number of halogens is 1. The predicted octanol–water partition coefficient (Wildman–Crippen LogP) is 3.42. The van der Waals surface area contributed by atoms with Gasteiger partial charge in [0.05, 0.1) is 7.11 Å². The Kier molecular flexibility index (Phi) is 7.88. The average Bonchev–Trinajstić information content (AvgIpc) is 2.67. The van der Waals surface area contributed by atoms with E-state index in [1.807, 2.05) is 30.3 Å². The molecule has 1 aromatic heterocycles. The number of pyridine rings is 1. The van der Waals surface area contributed by atoms with Crippen molar-refractivity contribution in [3.05, 3.63) is 48.3 Å². The molecule has 1 aliphatic rings. The van der Waals surface area contributed by atoms with Gasteiger partial charge in [-0.25, -0.2) is 0 Å². The van der Waals surface area contributed by atoms with Gasteiger partial charge in [0, 0.05) is 36.1 Å². The highest BCUT2D eigenvalue weighted by Crippen LogP contribution is 2.31. The van der Waals surface area contributed by atoms with E-state index in [0.717, 1.165) is 24.9 Å². The van der Waals surface area contributed by atoms with Crippen LogP contribution >= 0.6 is 12.4 Å². The molecule has 2 heterocycles. The maximum absolute atomic E-state index is 12.5. The van der Waals surface area contributed by atoms with Gasteiger partial charge in [0.25, 0.3) is 0 Å². The molecule has 1 fully saturated rings. The van der Waals surface area contributed by atoms with E-state index < -0.39 is 0 Å². The number of nitrogens with one attached hydrogen (secondary N) is 2. The maximum Gasteiger partial charge on any atom is 0.227 e. The number of aromatic nitrogens is 1. The van der Waals surface area contributed by atoms with E-state index in [4.69, 9.17) is 9.47 Å². The highest BCUT2D eigenvalue weighted by atomic mass is 35.5. The lowest BCUT2D eigenvalue weighted by Crippen LogP contribution is -2.40. The van der Waals surface area contributed by atoms with Crippen molar-refractivity contribution in [2.24, 2.45) is 5.92 Å². The molecule has 0 unspecified atom stereocenters. The van der Waals surface area contributed by atoms with Gasteiger partial charge >= 0.3 is 0 Å². The van der Waals surface area contributed by atoms with Crippen molar-refractivity contribution in [2.75, 3.05) is 19.0 Å². The first kappa shape index (κ1) is 21.0. The minimum Gasteiger partial charge on any atom is -0.493 e. The standard InChI is InChI=1S/C20H25N3O3.ClH/c1-14-11-16(7-10-22-14)20(24)23-17-3-4-18(25-2)19(12-17)26-13-15-5-8-21-9-6-15;/h3-6,8-9,12,14,16,22H,7,10-11,13H2,1-2H3,(H,23,24);1H/t14-,16-;/m0./s1. The fourth-order valence-corrected chi connectivity index (χ4v) is 3.12. The molecule has 3 rings (SSSR count). The van der Waals surface area contributed by atoms with Crippen LogP contribution in [-0.2, 0) is 11.4 Å². The zero-order valence-electron chi connectivity index (χ0n) is 15.6. The summed E-state index contributed by atoms with van der Waals surface area (Å²) >= 11 is 0. The minimum atomic E-state index is 0. The van der Waals surface area contributed by atoms with Gasteiger partial charge in [-0.1, -0.05) is 0 Å². The van der Waals surface area contributed by atoms with Gasteiger partial charge in [0.15, 0.2) is 11.5 Å². The number of rotatable bonds is 6. The van der Waals surface area contributed by atoms with Crippen LogP contribution in [-0.4, -0.2) is 30.6 Å². The van der Waals surface area contributed by atoms with E-state index in [1.54, 1.807) is 19.5 Å². The second-order valence-corrected chi connectivity index (χ2v) is 6.58. The van der Waals surface area contributed by atoms with Crippen molar-refractivity contribution in [3.63, 3.8) is 0 Å². The van der Waals surface area contributed by atoms with Crippen molar-refractivity contribution in [1.82, 2.24) is 10.3 Å². The molecule has 146 valence electrons. The summed E-state index contributed by atoms with van der Waals surface area (Å²) in [6, 6.07) is 9.62.